The Morgan fingerprint density at radius 1 is 1.21 bits per heavy atom. The largest absolute Gasteiger partial charge is 0.496 e. The molecule has 0 saturated carbocycles. The molecule has 0 amide bonds. The molecule has 11 heteroatoms. The van der Waals surface area contributed by atoms with Gasteiger partial charge in [0.05, 0.1) is 23.9 Å². The topological polar surface area (TPSA) is 139 Å². The number of nitrogens with one attached hydrogen (secondary N) is 2. The molecule has 176 valence electrons. The molecule has 0 unspecified atom stereocenters. The summed E-state index contributed by atoms with van der Waals surface area (Å²) in [6, 6.07) is 12.3. The number of pyridine rings is 1. The van der Waals surface area contributed by atoms with Gasteiger partial charge in [-0.2, -0.15) is 4.98 Å². The average molecular weight is 463 g/mol. The summed E-state index contributed by atoms with van der Waals surface area (Å²) in [5.74, 6) is -0.476. The molecule has 3 aromatic rings. The molecule has 0 fully saturated rings. The zero-order valence-electron chi connectivity index (χ0n) is 19.1. The number of aromatic nitrogens is 3. The van der Waals surface area contributed by atoms with Gasteiger partial charge in [0.1, 0.15) is 17.2 Å². The normalized spacial score (nSPS) is 15.0. The number of aromatic carboxylic acids is 1. The number of carboxylic acids is 1. The Balaban J connectivity index is 1.62. The zero-order chi connectivity index (χ0) is 24.3. The lowest BCUT2D eigenvalue weighted by Gasteiger charge is -2.20. The molecular formula is C23H26BN5O5. The van der Waals surface area contributed by atoms with Gasteiger partial charge in [-0.1, -0.05) is 36.4 Å². The molecule has 1 aliphatic heterocycles. The molecule has 0 saturated heterocycles. The van der Waals surface area contributed by atoms with Gasteiger partial charge in [-0.15, -0.1) is 0 Å². The van der Waals surface area contributed by atoms with Gasteiger partial charge in [0.2, 0.25) is 5.95 Å². The summed E-state index contributed by atoms with van der Waals surface area (Å²) in [6.45, 7) is 6.00. The van der Waals surface area contributed by atoms with E-state index in [0.29, 0.717) is 12.4 Å². The molecule has 0 spiro atoms. The van der Waals surface area contributed by atoms with E-state index in [1.807, 2.05) is 57.2 Å². The van der Waals surface area contributed by atoms with Crippen molar-refractivity contribution in [3.63, 3.8) is 0 Å². The minimum Gasteiger partial charge on any atom is -0.477 e. The lowest BCUT2D eigenvalue weighted by atomic mass is 9.80. The lowest BCUT2D eigenvalue weighted by molar-refractivity contribution is 0.0696. The molecule has 1 aromatic carbocycles. The van der Waals surface area contributed by atoms with Crippen molar-refractivity contribution in [2.45, 2.75) is 32.4 Å². The highest BCUT2D eigenvalue weighted by atomic mass is 16.6. The Morgan fingerprint density at radius 3 is 2.65 bits per heavy atom. The van der Waals surface area contributed by atoms with Crippen LogP contribution in [0.4, 0.5) is 17.6 Å². The fourth-order valence-electron chi connectivity index (χ4n) is 3.78. The predicted octanol–water partition coefficient (Wildman–Crippen LogP) is 2.46. The average Bonchev–Trinajstić information content (AvgIpc) is 3.07. The van der Waals surface area contributed by atoms with Crippen LogP contribution in [0, 0.1) is 0 Å². The van der Waals surface area contributed by atoms with Crippen molar-refractivity contribution in [1.29, 1.82) is 0 Å². The maximum Gasteiger partial charge on any atom is 0.496 e. The number of fused-ring (bicyclic) bond motifs is 1. The monoisotopic (exact) mass is 463 g/mol. The number of carbonyl (C=O) groups is 1. The lowest BCUT2D eigenvalue weighted by Crippen LogP contribution is -2.32. The Labute approximate surface area is 197 Å². The standard InChI is InChI=1S/C23H26BN5O5/c1-4-33-24-16-10-11-18(27-19(16)23(2,3)34-24)28-22-25-12-15(21(31)32)20(29-22)26-17(13-30)14-8-6-5-7-9-14/h5-12,17,30H,4,13H2,1-3H3,(H,31,32)(H2,25,26,27,28,29)/t17-/m1/s1. The van der Waals surface area contributed by atoms with E-state index < -0.39 is 24.7 Å². The van der Waals surface area contributed by atoms with E-state index in [9.17, 15) is 15.0 Å². The molecule has 34 heavy (non-hydrogen) atoms. The summed E-state index contributed by atoms with van der Waals surface area (Å²) >= 11 is 0. The van der Waals surface area contributed by atoms with E-state index in [4.69, 9.17) is 9.31 Å². The number of anilines is 3. The van der Waals surface area contributed by atoms with Crippen LogP contribution in [0.5, 0.6) is 0 Å². The van der Waals surface area contributed by atoms with Gasteiger partial charge in [0, 0.05) is 18.3 Å². The molecule has 1 aliphatic rings. The summed E-state index contributed by atoms with van der Waals surface area (Å²) in [5, 5.41) is 25.5. The Bertz CT molecular complexity index is 1180. The van der Waals surface area contributed by atoms with Gasteiger partial charge < -0.3 is 30.2 Å². The number of hydrogen-bond acceptors (Lipinski definition) is 9. The van der Waals surface area contributed by atoms with E-state index in [0.717, 1.165) is 16.7 Å². The first-order chi connectivity index (χ1) is 16.3. The van der Waals surface area contributed by atoms with Crippen molar-refractivity contribution in [2.24, 2.45) is 0 Å². The van der Waals surface area contributed by atoms with E-state index in [1.54, 1.807) is 6.07 Å². The quantitative estimate of drug-likeness (QED) is 0.350. The Kier molecular flexibility index (Phi) is 6.78. The van der Waals surface area contributed by atoms with E-state index in [2.05, 4.69) is 25.6 Å². The molecule has 4 rings (SSSR count). The third kappa shape index (κ3) is 4.86. The SMILES string of the molecule is CCOB1OC(C)(C)c2nc(Nc3ncc(C(=O)O)c(N[C@H](CO)c4ccccc4)n3)ccc21. The number of carboxylic acid groups (broad SMARTS) is 1. The van der Waals surface area contributed by atoms with Gasteiger partial charge in [0.15, 0.2) is 0 Å². The molecular weight excluding hydrogens is 437 g/mol. The van der Waals surface area contributed by atoms with Crippen LogP contribution < -0.4 is 16.1 Å². The van der Waals surface area contributed by atoms with Crippen molar-refractivity contribution < 1.29 is 24.3 Å². The summed E-state index contributed by atoms with van der Waals surface area (Å²) in [5.41, 5.74) is 1.63. The fraction of sp³-hybridized carbons (Fsp3) is 0.304. The van der Waals surface area contributed by atoms with Crippen LogP contribution in [0.15, 0.2) is 48.7 Å². The maximum absolute atomic E-state index is 11.7. The van der Waals surface area contributed by atoms with Crippen molar-refractivity contribution >= 4 is 36.1 Å². The first kappa shape index (κ1) is 23.6. The molecule has 2 aromatic heterocycles. The fourth-order valence-corrected chi connectivity index (χ4v) is 3.78. The second kappa shape index (κ2) is 9.76. The highest BCUT2D eigenvalue weighted by Crippen LogP contribution is 2.30. The number of aliphatic hydroxyl groups is 1. The summed E-state index contributed by atoms with van der Waals surface area (Å²) < 4.78 is 11.6. The van der Waals surface area contributed by atoms with Crippen LogP contribution in [0.2, 0.25) is 0 Å². The summed E-state index contributed by atoms with van der Waals surface area (Å²) in [7, 11) is -0.480. The van der Waals surface area contributed by atoms with Gasteiger partial charge in [-0.05, 0) is 32.4 Å². The van der Waals surface area contributed by atoms with Crippen LogP contribution in [0.3, 0.4) is 0 Å². The van der Waals surface area contributed by atoms with Crippen LogP contribution in [0.25, 0.3) is 0 Å². The Morgan fingerprint density at radius 2 is 1.97 bits per heavy atom. The number of hydrogen-bond donors (Lipinski definition) is 4. The molecule has 0 radical (unpaired) electrons. The number of aliphatic hydroxyl groups excluding tert-OH is 1. The van der Waals surface area contributed by atoms with Gasteiger partial charge in [-0.3, -0.25) is 0 Å². The predicted molar refractivity (Wildman–Crippen MR) is 128 cm³/mol. The van der Waals surface area contributed by atoms with Crippen molar-refractivity contribution in [3.8, 4) is 0 Å². The number of rotatable bonds is 9. The molecule has 10 nitrogen and oxygen atoms in total. The highest BCUT2D eigenvalue weighted by Gasteiger charge is 2.43. The first-order valence-electron chi connectivity index (χ1n) is 10.9. The van der Waals surface area contributed by atoms with Gasteiger partial charge >= 0.3 is 13.1 Å². The summed E-state index contributed by atoms with van der Waals surface area (Å²) in [6.07, 6.45) is 1.21. The zero-order valence-corrected chi connectivity index (χ0v) is 19.1. The molecule has 3 heterocycles. The number of benzene rings is 1. The van der Waals surface area contributed by atoms with Crippen LogP contribution in [0.1, 0.15) is 48.4 Å². The van der Waals surface area contributed by atoms with Crippen LogP contribution >= 0.6 is 0 Å². The molecule has 0 aliphatic carbocycles. The van der Waals surface area contributed by atoms with Crippen LogP contribution in [-0.2, 0) is 14.9 Å². The second-order valence-corrected chi connectivity index (χ2v) is 8.23. The summed E-state index contributed by atoms with van der Waals surface area (Å²) in [4.78, 5) is 24.9. The highest BCUT2D eigenvalue weighted by molar-refractivity contribution is 6.63. The second-order valence-electron chi connectivity index (χ2n) is 8.23. The third-order valence-electron chi connectivity index (χ3n) is 5.42. The minimum atomic E-state index is -1.18. The smallest absolute Gasteiger partial charge is 0.477 e. The first-order valence-corrected chi connectivity index (χ1v) is 10.9. The third-order valence-corrected chi connectivity index (χ3v) is 5.42. The molecule has 0 bridgehead atoms. The molecule has 1 atom stereocenters. The molecule has 4 N–H and O–H groups in total. The van der Waals surface area contributed by atoms with Crippen molar-refractivity contribution in [1.82, 2.24) is 15.0 Å². The van der Waals surface area contributed by atoms with E-state index in [-0.39, 0.29) is 23.9 Å². The van der Waals surface area contributed by atoms with E-state index in [1.165, 1.54) is 6.20 Å². The van der Waals surface area contributed by atoms with Crippen molar-refractivity contribution in [3.05, 3.63) is 65.5 Å². The Hall–Kier alpha value is -3.54. The van der Waals surface area contributed by atoms with E-state index >= 15 is 0 Å². The van der Waals surface area contributed by atoms with Crippen molar-refractivity contribution in [2.75, 3.05) is 23.8 Å². The van der Waals surface area contributed by atoms with Crippen LogP contribution in [-0.4, -0.2) is 51.5 Å². The van der Waals surface area contributed by atoms with Gasteiger partial charge in [-0.25, -0.2) is 14.8 Å². The maximum atomic E-state index is 11.7. The van der Waals surface area contributed by atoms with Gasteiger partial charge in [0.25, 0.3) is 0 Å². The number of nitrogens with zero attached hydrogens (tertiary/aromatic N) is 3. The minimum absolute atomic E-state index is 0.0779.